The Labute approximate surface area is 117 Å². The van der Waals surface area contributed by atoms with Crippen LogP contribution < -0.4 is 5.32 Å². The van der Waals surface area contributed by atoms with Crippen LogP contribution in [0, 0.1) is 12.8 Å². The van der Waals surface area contributed by atoms with Crippen LogP contribution in [-0.4, -0.2) is 27.1 Å². The Morgan fingerprint density at radius 1 is 1.35 bits per heavy atom. The van der Waals surface area contributed by atoms with E-state index >= 15 is 0 Å². The summed E-state index contributed by atoms with van der Waals surface area (Å²) < 4.78 is 0. The van der Waals surface area contributed by atoms with Gasteiger partial charge in [0.05, 0.1) is 11.4 Å². The summed E-state index contributed by atoms with van der Waals surface area (Å²) in [6, 6.07) is 5.95. The standard InChI is InChI=1S/C15H17N3O2/c1-9-5-6-12-11(7-9)14(17-8-16-12)18-13-4-2-3-10(13)15(19)20/h5-8,10,13H,2-4H2,1H3,(H,19,20)(H,16,17,18)/t10-,13+/m0/s1. The summed E-state index contributed by atoms with van der Waals surface area (Å²) in [4.78, 5) is 19.8. The molecule has 1 aliphatic rings. The molecular formula is C15H17N3O2. The fraction of sp³-hybridized carbons (Fsp3) is 0.400. The summed E-state index contributed by atoms with van der Waals surface area (Å²) in [5.74, 6) is -0.323. The number of nitrogens with zero attached hydrogens (tertiary/aromatic N) is 2. The lowest BCUT2D eigenvalue weighted by atomic mass is 10.0. The van der Waals surface area contributed by atoms with Crippen molar-refractivity contribution in [1.82, 2.24) is 9.97 Å². The van der Waals surface area contributed by atoms with Crippen molar-refractivity contribution < 1.29 is 9.90 Å². The molecule has 20 heavy (non-hydrogen) atoms. The number of carboxylic acid groups (broad SMARTS) is 1. The number of anilines is 1. The predicted molar refractivity (Wildman–Crippen MR) is 76.7 cm³/mol. The van der Waals surface area contributed by atoms with Crippen molar-refractivity contribution in [3.63, 3.8) is 0 Å². The third-order valence-corrected chi connectivity index (χ3v) is 3.95. The number of fused-ring (bicyclic) bond motifs is 1. The van der Waals surface area contributed by atoms with E-state index in [1.165, 1.54) is 6.33 Å². The monoisotopic (exact) mass is 271 g/mol. The van der Waals surface area contributed by atoms with Crippen molar-refractivity contribution in [3.05, 3.63) is 30.1 Å². The second-order valence-electron chi connectivity index (χ2n) is 5.37. The molecule has 1 aliphatic carbocycles. The molecule has 0 radical (unpaired) electrons. The van der Waals surface area contributed by atoms with Gasteiger partial charge in [0.15, 0.2) is 0 Å². The molecule has 104 valence electrons. The first-order valence-electron chi connectivity index (χ1n) is 6.86. The Balaban J connectivity index is 1.94. The molecule has 0 amide bonds. The molecule has 2 aromatic rings. The zero-order valence-electron chi connectivity index (χ0n) is 11.3. The lowest BCUT2D eigenvalue weighted by Gasteiger charge is -2.19. The topological polar surface area (TPSA) is 75.1 Å². The van der Waals surface area contributed by atoms with E-state index in [0.717, 1.165) is 41.5 Å². The third-order valence-electron chi connectivity index (χ3n) is 3.95. The zero-order valence-corrected chi connectivity index (χ0v) is 11.3. The highest BCUT2D eigenvalue weighted by atomic mass is 16.4. The Bertz CT molecular complexity index is 657. The second kappa shape index (κ2) is 5.07. The van der Waals surface area contributed by atoms with Gasteiger partial charge in [0.25, 0.3) is 0 Å². The SMILES string of the molecule is Cc1ccc2ncnc(N[C@@H]3CCC[C@@H]3C(=O)O)c2c1. The quantitative estimate of drug-likeness (QED) is 0.897. The number of aliphatic carboxylic acids is 1. The van der Waals surface area contributed by atoms with Crippen molar-refractivity contribution in [2.75, 3.05) is 5.32 Å². The highest BCUT2D eigenvalue weighted by Crippen LogP contribution is 2.30. The van der Waals surface area contributed by atoms with Crippen LogP contribution in [0.2, 0.25) is 0 Å². The molecule has 2 atom stereocenters. The van der Waals surface area contributed by atoms with E-state index in [1.54, 1.807) is 0 Å². The van der Waals surface area contributed by atoms with Crippen LogP contribution in [0.1, 0.15) is 24.8 Å². The van der Waals surface area contributed by atoms with Gasteiger partial charge in [0.2, 0.25) is 0 Å². The van der Waals surface area contributed by atoms with Crippen molar-refractivity contribution in [2.24, 2.45) is 5.92 Å². The van der Waals surface area contributed by atoms with Crippen LogP contribution in [0.3, 0.4) is 0 Å². The summed E-state index contributed by atoms with van der Waals surface area (Å²) in [5, 5.41) is 13.5. The van der Waals surface area contributed by atoms with Crippen molar-refractivity contribution in [3.8, 4) is 0 Å². The molecule has 1 heterocycles. The van der Waals surface area contributed by atoms with E-state index in [1.807, 2.05) is 25.1 Å². The van der Waals surface area contributed by atoms with Crippen LogP contribution in [0.4, 0.5) is 5.82 Å². The fourth-order valence-electron chi connectivity index (χ4n) is 2.89. The van der Waals surface area contributed by atoms with Crippen molar-refractivity contribution in [2.45, 2.75) is 32.2 Å². The van der Waals surface area contributed by atoms with Gasteiger partial charge in [0, 0.05) is 11.4 Å². The Kier molecular flexibility index (Phi) is 3.26. The van der Waals surface area contributed by atoms with E-state index in [0.29, 0.717) is 0 Å². The molecule has 1 saturated carbocycles. The average molecular weight is 271 g/mol. The predicted octanol–water partition coefficient (Wildman–Crippen LogP) is 2.60. The summed E-state index contributed by atoms with van der Waals surface area (Å²) in [6.45, 7) is 2.02. The van der Waals surface area contributed by atoms with Gasteiger partial charge in [-0.1, -0.05) is 18.1 Å². The van der Waals surface area contributed by atoms with Gasteiger partial charge in [-0.3, -0.25) is 4.79 Å². The number of carbonyl (C=O) groups is 1. The maximum absolute atomic E-state index is 11.2. The number of aromatic nitrogens is 2. The van der Waals surface area contributed by atoms with E-state index in [9.17, 15) is 9.90 Å². The number of benzene rings is 1. The molecule has 1 aromatic heterocycles. The first-order chi connectivity index (χ1) is 9.65. The van der Waals surface area contributed by atoms with Gasteiger partial charge >= 0.3 is 5.97 Å². The van der Waals surface area contributed by atoms with Gasteiger partial charge < -0.3 is 10.4 Å². The molecular weight excluding hydrogens is 254 g/mol. The molecule has 0 unspecified atom stereocenters. The van der Waals surface area contributed by atoms with Crippen molar-refractivity contribution >= 4 is 22.7 Å². The third kappa shape index (κ3) is 2.31. The number of rotatable bonds is 3. The molecule has 1 fully saturated rings. The summed E-state index contributed by atoms with van der Waals surface area (Å²) in [7, 11) is 0. The van der Waals surface area contributed by atoms with E-state index in [-0.39, 0.29) is 12.0 Å². The van der Waals surface area contributed by atoms with Gasteiger partial charge in [-0.2, -0.15) is 0 Å². The Morgan fingerprint density at radius 2 is 2.20 bits per heavy atom. The Hall–Kier alpha value is -2.17. The zero-order chi connectivity index (χ0) is 14.1. The number of carboxylic acids is 1. The fourth-order valence-corrected chi connectivity index (χ4v) is 2.89. The smallest absolute Gasteiger partial charge is 0.308 e. The maximum Gasteiger partial charge on any atom is 0.308 e. The number of hydrogen-bond donors (Lipinski definition) is 2. The summed E-state index contributed by atoms with van der Waals surface area (Å²) >= 11 is 0. The molecule has 2 N–H and O–H groups in total. The minimum Gasteiger partial charge on any atom is -0.481 e. The largest absolute Gasteiger partial charge is 0.481 e. The summed E-state index contributed by atoms with van der Waals surface area (Å²) in [5.41, 5.74) is 2.01. The van der Waals surface area contributed by atoms with E-state index in [4.69, 9.17) is 0 Å². The van der Waals surface area contributed by atoms with E-state index in [2.05, 4.69) is 15.3 Å². The highest BCUT2D eigenvalue weighted by Gasteiger charge is 2.33. The number of hydrogen-bond acceptors (Lipinski definition) is 4. The molecule has 1 aromatic carbocycles. The first-order valence-corrected chi connectivity index (χ1v) is 6.86. The summed E-state index contributed by atoms with van der Waals surface area (Å²) in [6.07, 6.45) is 4.06. The average Bonchev–Trinajstić information content (AvgIpc) is 2.88. The number of nitrogens with one attached hydrogen (secondary N) is 1. The normalized spacial score (nSPS) is 22.1. The molecule has 0 aliphatic heterocycles. The van der Waals surface area contributed by atoms with Gasteiger partial charge in [-0.15, -0.1) is 0 Å². The first kappa shape index (κ1) is 12.8. The maximum atomic E-state index is 11.2. The molecule has 5 heteroatoms. The molecule has 0 spiro atoms. The van der Waals surface area contributed by atoms with Gasteiger partial charge in [0.1, 0.15) is 12.1 Å². The van der Waals surface area contributed by atoms with Crippen LogP contribution in [-0.2, 0) is 4.79 Å². The van der Waals surface area contributed by atoms with E-state index < -0.39 is 5.97 Å². The van der Waals surface area contributed by atoms with Crippen LogP contribution >= 0.6 is 0 Å². The van der Waals surface area contributed by atoms with Crippen molar-refractivity contribution in [1.29, 1.82) is 0 Å². The minimum atomic E-state index is -0.727. The molecule has 3 rings (SSSR count). The molecule has 0 bridgehead atoms. The molecule has 5 nitrogen and oxygen atoms in total. The minimum absolute atomic E-state index is 0.0499. The van der Waals surface area contributed by atoms with Gasteiger partial charge in [-0.25, -0.2) is 9.97 Å². The second-order valence-corrected chi connectivity index (χ2v) is 5.37. The van der Waals surface area contributed by atoms with Crippen LogP contribution in [0.5, 0.6) is 0 Å². The lowest BCUT2D eigenvalue weighted by molar-refractivity contribution is -0.141. The Morgan fingerprint density at radius 3 is 3.00 bits per heavy atom. The van der Waals surface area contributed by atoms with Gasteiger partial charge in [-0.05, 0) is 31.9 Å². The number of aryl methyl sites for hydroxylation is 1. The highest BCUT2D eigenvalue weighted by molar-refractivity contribution is 5.89. The van der Waals surface area contributed by atoms with Crippen LogP contribution in [0.15, 0.2) is 24.5 Å². The lowest BCUT2D eigenvalue weighted by Crippen LogP contribution is -2.30. The van der Waals surface area contributed by atoms with Crippen LogP contribution in [0.25, 0.3) is 10.9 Å². The molecule has 0 saturated heterocycles.